The second-order valence-electron chi connectivity index (χ2n) is 6.51. The molecular formula is C20H33NO6PS+. The highest BCUT2D eigenvalue weighted by atomic mass is 32.2. The van der Waals surface area contributed by atoms with Gasteiger partial charge >= 0.3 is 14.2 Å². The van der Waals surface area contributed by atoms with Gasteiger partial charge < -0.3 is 10.4 Å². The van der Waals surface area contributed by atoms with Gasteiger partial charge in [-0.25, -0.2) is 0 Å². The Kier molecular flexibility index (Phi) is 17.6. The van der Waals surface area contributed by atoms with Crippen LogP contribution >= 0.6 is 20.0 Å². The quantitative estimate of drug-likeness (QED) is 0.172. The van der Waals surface area contributed by atoms with Gasteiger partial charge in [0, 0.05) is 22.3 Å². The van der Waals surface area contributed by atoms with E-state index in [9.17, 15) is 9.59 Å². The molecule has 7 nitrogen and oxygen atoms in total. The number of amides is 1. The number of carboxylic acid groups (broad SMARTS) is 1. The van der Waals surface area contributed by atoms with E-state index >= 15 is 0 Å². The van der Waals surface area contributed by atoms with Crippen molar-refractivity contribution in [2.24, 2.45) is 0 Å². The van der Waals surface area contributed by atoms with E-state index < -0.39 is 14.2 Å². The summed E-state index contributed by atoms with van der Waals surface area (Å²) in [5.74, 6) is 0.435. The van der Waals surface area contributed by atoms with Crippen LogP contribution in [0.15, 0.2) is 29.2 Å². The molecule has 0 aliphatic carbocycles. The average molecular weight is 447 g/mol. The van der Waals surface area contributed by atoms with E-state index in [2.05, 4.69) is 18.3 Å². The summed E-state index contributed by atoms with van der Waals surface area (Å²) >= 11 is 1.80. The highest BCUT2D eigenvalue weighted by Crippen LogP contribution is 2.28. The number of benzene rings is 1. The van der Waals surface area contributed by atoms with E-state index in [1.807, 2.05) is 18.2 Å². The van der Waals surface area contributed by atoms with E-state index in [0.29, 0.717) is 6.42 Å². The monoisotopic (exact) mass is 446 g/mol. The number of thioether (sulfide) groups is 1. The van der Waals surface area contributed by atoms with Crippen LogP contribution in [0.5, 0.6) is 0 Å². The van der Waals surface area contributed by atoms with Crippen molar-refractivity contribution in [3.8, 4) is 0 Å². The number of anilines is 1. The Labute approximate surface area is 178 Å². The summed E-state index contributed by atoms with van der Waals surface area (Å²) in [5.41, 5.74) is 0.919. The lowest BCUT2D eigenvalue weighted by Crippen LogP contribution is -2.11. The maximum absolute atomic E-state index is 12.1. The molecule has 0 atom stereocenters. The Morgan fingerprint density at radius 1 is 0.966 bits per heavy atom. The summed E-state index contributed by atoms with van der Waals surface area (Å²) < 4.78 is 8.70. The van der Waals surface area contributed by atoms with Crippen LogP contribution in [0.25, 0.3) is 0 Å². The van der Waals surface area contributed by atoms with Gasteiger partial charge in [0.25, 0.3) is 0 Å². The molecule has 29 heavy (non-hydrogen) atoms. The Balaban J connectivity index is 0.00000178. The molecular weight excluding hydrogens is 413 g/mol. The molecule has 0 bridgehead atoms. The number of carboxylic acids is 1. The summed E-state index contributed by atoms with van der Waals surface area (Å²) in [6, 6.07) is 7.99. The van der Waals surface area contributed by atoms with Crippen molar-refractivity contribution in [3.05, 3.63) is 24.3 Å². The van der Waals surface area contributed by atoms with Gasteiger partial charge in [0.15, 0.2) is 0 Å². The maximum Gasteiger partial charge on any atom is 0.692 e. The van der Waals surface area contributed by atoms with Gasteiger partial charge in [-0.15, -0.1) is 21.5 Å². The van der Waals surface area contributed by atoms with Gasteiger partial charge in [-0.05, 0) is 37.1 Å². The number of unbranched alkanes of at least 4 members (excludes halogenated alkanes) is 6. The summed E-state index contributed by atoms with van der Waals surface area (Å²) in [6.07, 6.45) is 8.90. The third-order valence-electron chi connectivity index (χ3n) is 3.96. The van der Waals surface area contributed by atoms with Crippen LogP contribution in [0.4, 0.5) is 5.69 Å². The molecule has 0 fully saturated rings. The second kappa shape index (κ2) is 18.6. The Morgan fingerprint density at radius 2 is 1.52 bits per heavy atom. The molecule has 0 spiro atoms. The lowest BCUT2D eigenvalue weighted by Gasteiger charge is -2.10. The van der Waals surface area contributed by atoms with E-state index in [-0.39, 0.29) is 12.3 Å². The molecule has 0 aliphatic heterocycles. The standard InChI is InChI=1S/C20H31NO3S.HO3P/c1-2-3-16-25-18-13-11-10-12-17(18)21-19(22)14-8-6-4-5-7-9-15-20(23)24;1-4(2)3/h10-13H,2-9,14-16H2,1H3,(H,21,22)(H,23,24);(H-,1,2,3)/p+1. The number of aliphatic carboxylic acids is 1. The van der Waals surface area contributed by atoms with Crippen molar-refractivity contribution in [1.29, 1.82) is 0 Å². The van der Waals surface area contributed by atoms with E-state index in [4.69, 9.17) is 19.5 Å². The first kappa shape index (κ1) is 27.5. The third kappa shape index (κ3) is 18.3. The minimum atomic E-state index is -2.87. The number of carbonyl (C=O) groups excluding carboxylic acids is 1. The zero-order valence-electron chi connectivity index (χ0n) is 17.0. The van der Waals surface area contributed by atoms with Crippen LogP contribution < -0.4 is 5.32 Å². The fraction of sp³-hybridized carbons (Fsp3) is 0.600. The molecule has 1 amide bonds. The van der Waals surface area contributed by atoms with Crippen molar-refractivity contribution < 1.29 is 29.0 Å². The first-order chi connectivity index (χ1) is 13.9. The van der Waals surface area contributed by atoms with Crippen LogP contribution in [0.3, 0.4) is 0 Å². The lowest BCUT2D eigenvalue weighted by atomic mass is 10.1. The molecule has 0 saturated carbocycles. The van der Waals surface area contributed by atoms with Crippen molar-refractivity contribution in [2.45, 2.75) is 76.0 Å². The number of hydrogen-bond acceptors (Lipinski definition) is 4. The minimum Gasteiger partial charge on any atom is -0.481 e. The predicted octanol–water partition coefficient (Wildman–Crippen LogP) is 5.35. The average Bonchev–Trinajstić information content (AvgIpc) is 2.65. The van der Waals surface area contributed by atoms with Gasteiger partial charge in [-0.1, -0.05) is 51.2 Å². The highest BCUT2D eigenvalue weighted by molar-refractivity contribution is 7.99. The normalized spacial score (nSPS) is 10.0. The van der Waals surface area contributed by atoms with Gasteiger partial charge in [-0.3, -0.25) is 9.59 Å². The third-order valence-corrected chi connectivity index (χ3v) is 5.12. The van der Waals surface area contributed by atoms with Crippen LogP contribution in [0.2, 0.25) is 0 Å². The topological polar surface area (TPSA) is 124 Å². The first-order valence-electron chi connectivity index (χ1n) is 9.95. The van der Waals surface area contributed by atoms with Crippen LogP contribution in [0.1, 0.15) is 71.1 Å². The highest BCUT2D eigenvalue weighted by Gasteiger charge is 2.07. The molecule has 4 N–H and O–H groups in total. The minimum absolute atomic E-state index is 0.0782. The summed E-state index contributed by atoms with van der Waals surface area (Å²) in [5, 5.41) is 11.6. The zero-order valence-corrected chi connectivity index (χ0v) is 18.7. The van der Waals surface area contributed by atoms with Gasteiger partial charge in [0.2, 0.25) is 5.91 Å². The van der Waals surface area contributed by atoms with Crippen molar-refractivity contribution in [2.75, 3.05) is 11.1 Å². The van der Waals surface area contributed by atoms with Crippen molar-refractivity contribution in [1.82, 2.24) is 0 Å². The molecule has 0 heterocycles. The number of hydrogen-bond donors (Lipinski definition) is 4. The summed E-state index contributed by atoms with van der Waals surface area (Å²) in [4.78, 5) is 37.9. The second-order valence-corrected chi connectivity index (χ2v) is 8.16. The van der Waals surface area contributed by atoms with Gasteiger partial charge in [0.05, 0.1) is 5.69 Å². The Hall–Kier alpha value is -1.47. The van der Waals surface area contributed by atoms with E-state index in [1.165, 1.54) is 12.8 Å². The SMILES string of the molecule is CCCCSc1ccccc1NC(=O)CCCCCCCCC(=O)O.O=[P+](O)O. The van der Waals surface area contributed by atoms with Gasteiger partial charge in [-0.2, -0.15) is 0 Å². The zero-order chi connectivity index (χ0) is 21.9. The summed E-state index contributed by atoms with van der Waals surface area (Å²) in [7, 11) is -2.87. The molecule has 1 aromatic rings. The number of rotatable bonds is 14. The number of carbonyl (C=O) groups is 2. The fourth-order valence-electron chi connectivity index (χ4n) is 2.50. The number of nitrogens with one attached hydrogen (secondary N) is 1. The fourth-order valence-corrected chi connectivity index (χ4v) is 3.61. The van der Waals surface area contributed by atoms with E-state index in [1.54, 1.807) is 11.8 Å². The molecule has 164 valence electrons. The molecule has 0 saturated heterocycles. The molecule has 9 heteroatoms. The number of para-hydroxylation sites is 1. The molecule has 0 radical (unpaired) electrons. The molecule has 0 aromatic heterocycles. The van der Waals surface area contributed by atoms with Crippen LogP contribution in [-0.4, -0.2) is 32.5 Å². The van der Waals surface area contributed by atoms with Crippen LogP contribution in [-0.2, 0) is 14.2 Å². The Morgan fingerprint density at radius 3 is 2.10 bits per heavy atom. The smallest absolute Gasteiger partial charge is 0.481 e. The summed E-state index contributed by atoms with van der Waals surface area (Å²) in [6.45, 7) is 2.18. The van der Waals surface area contributed by atoms with Gasteiger partial charge in [0.1, 0.15) is 0 Å². The molecule has 1 aromatic carbocycles. The van der Waals surface area contributed by atoms with Crippen LogP contribution in [0, 0.1) is 0 Å². The maximum atomic E-state index is 12.1. The van der Waals surface area contributed by atoms with Crippen molar-refractivity contribution in [3.63, 3.8) is 0 Å². The first-order valence-corrected chi connectivity index (χ1v) is 12.1. The largest absolute Gasteiger partial charge is 0.692 e. The lowest BCUT2D eigenvalue weighted by molar-refractivity contribution is -0.137. The molecule has 0 aliphatic rings. The molecule has 0 unspecified atom stereocenters. The molecule has 1 rings (SSSR count). The predicted molar refractivity (Wildman–Crippen MR) is 117 cm³/mol. The Bertz CT molecular complexity index is 610. The van der Waals surface area contributed by atoms with E-state index in [0.717, 1.165) is 54.9 Å². The van der Waals surface area contributed by atoms with Crippen molar-refractivity contribution >= 4 is 37.6 Å².